The lowest BCUT2D eigenvalue weighted by Gasteiger charge is -2.26. The van der Waals surface area contributed by atoms with Crippen molar-refractivity contribution >= 4 is 39.1 Å². The van der Waals surface area contributed by atoms with Crippen LogP contribution in [0.4, 0.5) is 0 Å². The first-order valence-electron chi connectivity index (χ1n) is 6.66. The molecule has 124 valence electrons. The lowest BCUT2D eigenvalue weighted by Crippen LogP contribution is -2.40. The Kier molecular flexibility index (Phi) is 5.89. The number of carbonyl (C=O) groups excluding carboxylic acids is 1. The minimum absolute atomic E-state index is 0.00171. The molecule has 0 aromatic heterocycles. The number of morpholine rings is 1. The molecule has 1 aliphatic heterocycles. The summed E-state index contributed by atoms with van der Waals surface area (Å²) >= 11 is 12.0. The molecule has 1 aromatic carbocycles. The zero-order chi connectivity index (χ0) is 17.0. The average molecular weight is 377 g/mol. The van der Waals surface area contributed by atoms with Crippen molar-refractivity contribution in [3.05, 3.63) is 27.7 Å². The van der Waals surface area contributed by atoms with Gasteiger partial charge in [-0.05, 0) is 12.1 Å². The van der Waals surface area contributed by atoms with Crippen LogP contribution in [-0.2, 0) is 14.8 Å². The van der Waals surface area contributed by atoms with Gasteiger partial charge < -0.3 is 10.1 Å². The van der Waals surface area contributed by atoms with Gasteiger partial charge in [0.25, 0.3) is 5.91 Å². The van der Waals surface area contributed by atoms with E-state index >= 15 is 0 Å². The lowest BCUT2D eigenvalue weighted by molar-refractivity contribution is 0.0730. The van der Waals surface area contributed by atoms with Gasteiger partial charge in [-0.15, -0.1) is 6.42 Å². The number of sulfonamides is 1. The highest BCUT2D eigenvalue weighted by molar-refractivity contribution is 7.89. The number of halogens is 2. The minimum Gasteiger partial charge on any atom is -0.379 e. The monoisotopic (exact) mass is 376 g/mol. The smallest absolute Gasteiger partial charge is 0.253 e. The highest BCUT2D eigenvalue weighted by atomic mass is 35.5. The molecule has 1 amide bonds. The molecule has 6 nitrogen and oxygen atoms in total. The Bertz CT molecular complexity index is 753. The molecule has 1 aliphatic rings. The predicted octanol–water partition coefficient (Wildman–Crippen LogP) is 1.38. The normalized spacial score (nSPS) is 15.9. The fourth-order valence-corrected chi connectivity index (χ4v) is 4.29. The molecule has 0 bridgehead atoms. The van der Waals surface area contributed by atoms with E-state index in [9.17, 15) is 13.2 Å². The number of benzene rings is 1. The molecule has 1 saturated heterocycles. The van der Waals surface area contributed by atoms with Crippen LogP contribution in [0.15, 0.2) is 17.0 Å². The van der Waals surface area contributed by atoms with E-state index in [-0.39, 0.29) is 40.1 Å². The maximum Gasteiger partial charge on any atom is 0.253 e. The maximum atomic E-state index is 12.7. The summed E-state index contributed by atoms with van der Waals surface area (Å²) in [6.45, 7) is 1.06. The number of hydrogen-bond acceptors (Lipinski definition) is 4. The van der Waals surface area contributed by atoms with Gasteiger partial charge in [0.1, 0.15) is 4.90 Å². The van der Waals surface area contributed by atoms with E-state index in [2.05, 4.69) is 11.2 Å². The van der Waals surface area contributed by atoms with Crippen molar-refractivity contribution in [2.75, 3.05) is 32.8 Å². The SMILES string of the molecule is C#CCNC(=O)c1cc(S(=O)(=O)N2CCOCC2)c(Cl)cc1Cl. The van der Waals surface area contributed by atoms with Gasteiger partial charge in [-0.1, -0.05) is 29.1 Å². The van der Waals surface area contributed by atoms with Crippen molar-refractivity contribution in [1.29, 1.82) is 0 Å². The van der Waals surface area contributed by atoms with Crippen LogP contribution < -0.4 is 5.32 Å². The Hall–Kier alpha value is -1.30. The number of carbonyl (C=O) groups is 1. The summed E-state index contributed by atoms with van der Waals surface area (Å²) in [5.41, 5.74) is -0.00171. The van der Waals surface area contributed by atoms with Gasteiger partial charge >= 0.3 is 0 Å². The Morgan fingerprint density at radius 3 is 2.57 bits per heavy atom. The van der Waals surface area contributed by atoms with Crippen LogP contribution in [0.3, 0.4) is 0 Å². The number of rotatable bonds is 4. The number of nitrogens with one attached hydrogen (secondary N) is 1. The molecule has 0 spiro atoms. The third-order valence-corrected chi connectivity index (χ3v) is 5.88. The molecule has 23 heavy (non-hydrogen) atoms. The highest BCUT2D eigenvalue weighted by Crippen LogP contribution is 2.31. The first kappa shape index (κ1) is 18.0. The summed E-state index contributed by atoms with van der Waals surface area (Å²) in [5.74, 6) is 1.69. The number of amides is 1. The van der Waals surface area contributed by atoms with Gasteiger partial charge in [0.05, 0.1) is 35.4 Å². The molecule has 0 atom stereocenters. The molecule has 0 unspecified atom stereocenters. The fourth-order valence-electron chi connectivity index (χ4n) is 2.05. The number of hydrogen-bond donors (Lipinski definition) is 1. The average Bonchev–Trinajstić information content (AvgIpc) is 2.53. The zero-order valence-electron chi connectivity index (χ0n) is 12.0. The van der Waals surface area contributed by atoms with Crippen molar-refractivity contribution in [2.45, 2.75) is 4.90 Å². The molecular weight excluding hydrogens is 363 g/mol. The summed E-state index contributed by atoms with van der Waals surface area (Å²) in [7, 11) is -3.84. The van der Waals surface area contributed by atoms with E-state index in [1.807, 2.05) is 0 Å². The van der Waals surface area contributed by atoms with Gasteiger partial charge in [0.2, 0.25) is 10.0 Å². The third-order valence-electron chi connectivity index (χ3n) is 3.21. The Morgan fingerprint density at radius 1 is 1.30 bits per heavy atom. The molecule has 0 aliphatic carbocycles. The van der Waals surface area contributed by atoms with E-state index in [0.29, 0.717) is 13.2 Å². The first-order chi connectivity index (χ1) is 10.9. The van der Waals surface area contributed by atoms with Gasteiger partial charge in [0, 0.05) is 13.1 Å². The Morgan fingerprint density at radius 2 is 1.96 bits per heavy atom. The Balaban J connectivity index is 2.42. The topological polar surface area (TPSA) is 75.7 Å². The molecule has 9 heteroatoms. The van der Waals surface area contributed by atoms with Crippen LogP contribution in [0, 0.1) is 12.3 Å². The van der Waals surface area contributed by atoms with Crippen LogP contribution in [0.1, 0.15) is 10.4 Å². The number of nitrogens with zero attached hydrogens (tertiary/aromatic N) is 1. The second-order valence-electron chi connectivity index (χ2n) is 4.67. The van der Waals surface area contributed by atoms with Crippen LogP contribution in [0.25, 0.3) is 0 Å². The van der Waals surface area contributed by atoms with E-state index < -0.39 is 15.9 Å². The van der Waals surface area contributed by atoms with E-state index in [1.54, 1.807) is 0 Å². The molecule has 0 saturated carbocycles. The zero-order valence-corrected chi connectivity index (χ0v) is 14.3. The van der Waals surface area contributed by atoms with Crippen LogP contribution in [0.2, 0.25) is 10.0 Å². The van der Waals surface area contributed by atoms with E-state index in [4.69, 9.17) is 34.4 Å². The second kappa shape index (κ2) is 7.51. The van der Waals surface area contributed by atoms with E-state index in [1.165, 1.54) is 16.4 Å². The van der Waals surface area contributed by atoms with Crippen molar-refractivity contribution in [1.82, 2.24) is 9.62 Å². The van der Waals surface area contributed by atoms with Crippen LogP contribution >= 0.6 is 23.2 Å². The summed E-state index contributed by atoms with van der Waals surface area (Å²) in [6, 6.07) is 2.41. The Labute approximate surface area is 144 Å². The van der Waals surface area contributed by atoms with Crippen LogP contribution in [-0.4, -0.2) is 51.5 Å². The molecule has 2 rings (SSSR count). The second-order valence-corrected chi connectivity index (χ2v) is 7.39. The quantitative estimate of drug-likeness (QED) is 0.805. The van der Waals surface area contributed by atoms with Gasteiger partial charge in [0.15, 0.2) is 0 Å². The summed E-state index contributed by atoms with van der Waals surface area (Å²) in [6.07, 6.45) is 5.08. The lowest BCUT2D eigenvalue weighted by atomic mass is 10.2. The van der Waals surface area contributed by atoms with Gasteiger partial charge in [-0.2, -0.15) is 4.31 Å². The number of ether oxygens (including phenoxy) is 1. The van der Waals surface area contributed by atoms with Gasteiger partial charge in [-0.25, -0.2) is 8.42 Å². The van der Waals surface area contributed by atoms with Crippen molar-refractivity contribution in [3.8, 4) is 12.3 Å². The van der Waals surface area contributed by atoms with Crippen molar-refractivity contribution in [3.63, 3.8) is 0 Å². The predicted molar refractivity (Wildman–Crippen MR) is 87.2 cm³/mol. The van der Waals surface area contributed by atoms with Crippen molar-refractivity contribution < 1.29 is 17.9 Å². The standard InChI is InChI=1S/C14H14Cl2N2O4S/c1-2-3-17-14(19)10-8-13(12(16)9-11(10)15)23(20,21)18-4-6-22-7-5-18/h1,8-9H,3-7H2,(H,17,19). The molecule has 1 fully saturated rings. The van der Waals surface area contributed by atoms with Gasteiger partial charge in [-0.3, -0.25) is 4.79 Å². The fraction of sp³-hybridized carbons (Fsp3) is 0.357. The van der Waals surface area contributed by atoms with Crippen LogP contribution in [0.5, 0.6) is 0 Å². The van der Waals surface area contributed by atoms with E-state index in [0.717, 1.165) is 0 Å². The largest absolute Gasteiger partial charge is 0.379 e. The summed E-state index contributed by atoms with van der Waals surface area (Å²) in [4.78, 5) is 11.9. The highest BCUT2D eigenvalue weighted by Gasteiger charge is 2.30. The molecule has 0 radical (unpaired) electrons. The van der Waals surface area contributed by atoms with Crippen molar-refractivity contribution in [2.24, 2.45) is 0 Å². The first-order valence-corrected chi connectivity index (χ1v) is 8.86. The molecular formula is C14H14Cl2N2O4S. The third kappa shape index (κ3) is 3.97. The molecule has 1 aromatic rings. The summed E-state index contributed by atoms with van der Waals surface area (Å²) in [5, 5.41) is 2.44. The number of terminal acetylenes is 1. The summed E-state index contributed by atoms with van der Waals surface area (Å²) < 4.78 is 31.8. The molecule has 1 heterocycles. The minimum atomic E-state index is -3.84. The maximum absolute atomic E-state index is 12.7. The molecule has 1 N–H and O–H groups in total.